The van der Waals surface area contributed by atoms with E-state index in [2.05, 4.69) is 11.3 Å². The molecule has 0 saturated heterocycles. The van der Waals surface area contributed by atoms with Gasteiger partial charge in [0.05, 0.1) is 0 Å². The van der Waals surface area contributed by atoms with Crippen LogP contribution in [0.15, 0.2) is 12.2 Å². The lowest BCUT2D eigenvalue weighted by molar-refractivity contribution is -0.529. The second-order valence-corrected chi connectivity index (χ2v) is 6.23. The second-order valence-electron chi connectivity index (χ2n) is 6.23. The number of alkyl halides is 19. The molecule has 0 fully saturated rings. The highest BCUT2D eigenvalue weighted by atomic mass is 19.4. The van der Waals surface area contributed by atoms with Crippen molar-refractivity contribution in [2.24, 2.45) is 5.41 Å². The van der Waals surface area contributed by atoms with Gasteiger partial charge in [0.15, 0.2) is 0 Å². The Bertz CT molecular complexity index is 759. The lowest BCUT2D eigenvalue weighted by atomic mass is 9.72. The second kappa shape index (κ2) is 7.95. The molecule has 202 valence electrons. The van der Waals surface area contributed by atoms with Crippen molar-refractivity contribution in [1.82, 2.24) is 0 Å². The van der Waals surface area contributed by atoms with Crippen molar-refractivity contribution in [3.05, 3.63) is 12.2 Å². The summed E-state index contributed by atoms with van der Waals surface area (Å²) < 4.78 is 252. The van der Waals surface area contributed by atoms with E-state index in [9.17, 15) is 88.2 Å². The van der Waals surface area contributed by atoms with Gasteiger partial charge in [0.2, 0.25) is 0 Å². The van der Waals surface area contributed by atoms with E-state index in [-0.39, 0.29) is 6.92 Å². The van der Waals surface area contributed by atoms with Gasteiger partial charge in [-0.3, -0.25) is 0 Å². The number of halogens is 19. The molecule has 0 saturated carbocycles. The van der Waals surface area contributed by atoms with Crippen LogP contribution in [-0.2, 0) is 9.53 Å². The van der Waals surface area contributed by atoms with E-state index >= 15 is 0 Å². The topological polar surface area (TPSA) is 26.3 Å². The smallest absolute Gasteiger partial charge is 0.417 e. The maximum Gasteiger partial charge on any atom is 0.460 e. The van der Waals surface area contributed by atoms with E-state index in [1.165, 1.54) is 0 Å². The highest BCUT2D eigenvalue weighted by Gasteiger charge is 3.02. The minimum Gasteiger partial charge on any atom is -0.417 e. The number of carbonyl (C=O) groups is 1. The highest BCUT2D eigenvalue weighted by Crippen LogP contribution is 2.72. The maximum absolute atomic E-state index is 14.8. The molecule has 0 rings (SSSR count). The summed E-state index contributed by atoms with van der Waals surface area (Å²) in [6, 6.07) is 0. The van der Waals surface area contributed by atoms with E-state index in [0.717, 1.165) is 0 Å². The summed E-state index contributed by atoms with van der Waals surface area (Å²) in [7, 11) is 0. The Morgan fingerprint density at radius 3 is 1.03 bits per heavy atom. The standard InChI is InChI=1S/C13H5F19O2/c1-3(2)4(33)34-9(20,5(10(21,22)23,11(24,25)26)12(27,28)29)7(16,17)6(14,15)8(18,19)13(30,31)32/h1H2,2H3. The molecule has 0 radical (unpaired) electrons. The first-order chi connectivity index (χ1) is 14.3. The molecule has 0 aromatic rings. The van der Waals surface area contributed by atoms with Crippen LogP contribution in [0.5, 0.6) is 0 Å². The fourth-order valence-corrected chi connectivity index (χ4v) is 2.20. The third kappa shape index (κ3) is 4.01. The van der Waals surface area contributed by atoms with Crippen LogP contribution >= 0.6 is 0 Å². The Morgan fingerprint density at radius 1 is 0.529 bits per heavy atom. The maximum atomic E-state index is 14.8. The number of rotatable bonds is 6. The van der Waals surface area contributed by atoms with Crippen LogP contribution in [0, 0.1) is 5.41 Å². The predicted molar refractivity (Wildman–Crippen MR) is 66.2 cm³/mol. The third-order valence-corrected chi connectivity index (χ3v) is 3.89. The monoisotopic (exact) mass is 554 g/mol. The number of ether oxygens (including phenoxy) is 1. The predicted octanol–water partition coefficient (Wildman–Crippen LogP) is 6.91. The van der Waals surface area contributed by atoms with Crippen LogP contribution in [0.25, 0.3) is 0 Å². The molecule has 1 unspecified atom stereocenters. The van der Waals surface area contributed by atoms with Crippen molar-refractivity contribution in [3.8, 4) is 0 Å². The summed E-state index contributed by atoms with van der Waals surface area (Å²) in [4.78, 5) is 11.2. The summed E-state index contributed by atoms with van der Waals surface area (Å²) >= 11 is 0. The van der Waals surface area contributed by atoms with Crippen molar-refractivity contribution in [3.63, 3.8) is 0 Å². The Balaban J connectivity index is 8.15. The van der Waals surface area contributed by atoms with E-state index in [0.29, 0.717) is 0 Å². The lowest BCUT2D eigenvalue weighted by Gasteiger charge is -2.50. The molecule has 0 spiro atoms. The van der Waals surface area contributed by atoms with Gasteiger partial charge in [-0.05, 0) is 6.92 Å². The minimum atomic E-state index is -9.05. The summed E-state index contributed by atoms with van der Waals surface area (Å²) in [5.74, 6) is -38.7. The first kappa shape index (κ1) is 31.9. The molecular weight excluding hydrogens is 549 g/mol. The number of hydrogen-bond acceptors (Lipinski definition) is 2. The molecule has 0 N–H and O–H groups in total. The van der Waals surface area contributed by atoms with Gasteiger partial charge < -0.3 is 4.74 Å². The zero-order valence-corrected chi connectivity index (χ0v) is 15.2. The first-order valence-electron chi connectivity index (χ1n) is 7.31. The fraction of sp³-hybridized carbons (Fsp3) is 0.769. The molecule has 1 atom stereocenters. The van der Waals surface area contributed by atoms with E-state index in [1.54, 1.807) is 0 Å². The van der Waals surface area contributed by atoms with Crippen LogP contribution in [0.3, 0.4) is 0 Å². The first-order valence-corrected chi connectivity index (χ1v) is 7.31. The fourth-order valence-electron chi connectivity index (χ4n) is 2.20. The average Bonchev–Trinajstić information content (AvgIpc) is 2.48. The molecule has 0 heterocycles. The summed E-state index contributed by atoms with van der Waals surface area (Å²) in [5, 5.41) is 0. The Labute approximate surface area is 173 Å². The normalized spacial score (nSPS) is 17.3. The van der Waals surface area contributed by atoms with Gasteiger partial charge in [-0.25, -0.2) is 4.79 Å². The molecule has 2 nitrogen and oxygen atoms in total. The minimum absolute atomic E-state index is 0.0141. The Kier molecular flexibility index (Phi) is 7.46. The van der Waals surface area contributed by atoms with Crippen molar-refractivity contribution >= 4 is 5.97 Å². The van der Waals surface area contributed by atoms with Crippen molar-refractivity contribution in [2.45, 2.75) is 55.3 Å². The third-order valence-electron chi connectivity index (χ3n) is 3.89. The zero-order chi connectivity index (χ0) is 28.4. The van der Waals surface area contributed by atoms with Gasteiger partial charge in [0.1, 0.15) is 0 Å². The van der Waals surface area contributed by atoms with Crippen molar-refractivity contribution in [1.29, 1.82) is 0 Å². The zero-order valence-electron chi connectivity index (χ0n) is 15.2. The van der Waals surface area contributed by atoms with E-state index in [1.807, 2.05) is 0 Å². The molecule has 0 aliphatic rings. The average molecular weight is 554 g/mol. The van der Waals surface area contributed by atoms with E-state index < -0.39 is 65.3 Å². The molecule has 0 aliphatic heterocycles. The summed E-state index contributed by atoms with van der Waals surface area (Å²) in [6.07, 6.45) is -34.0. The van der Waals surface area contributed by atoms with E-state index in [4.69, 9.17) is 0 Å². The number of esters is 1. The number of hydrogen-bond donors (Lipinski definition) is 0. The quantitative estimate of drug-likeness (QED) is 0.203. The Hall–Kier alpha value is -2.12. The molecule has 34 heavy (non-hydrogen) atoms. The van der Waals surface area contributed by atoms with Crippen LogP contribution < -0.4 is 0 Å². The Morgan fingerprint density at radius 2 is 0.824 bits per heavy atom. The van der Waals surface area contributed by atoms with Crippen LogP contribution in [0.1, 0.15) is 6.92 Å². The van der Waals surface area contributed by atoms with Crippen LogP contribution in [0.4, 0.5) is 83.4 Å². The molecule has 0 amide bonds. The molecular formula is C13H5F19O2. The largest absolute Gasteiger partial charge is 0.460 e. The van der Waals surface area contributed by atoms with Crippen LogP contribution in [0.2, 0.25) is 0 Å². The SMILES string of the molecule is C=C(C)C(=O)OC(F)(C(F)(F)C(F)(F)C(F)(F)C(F)(F)F)C(C(F)(F)F)(C(F)(F)F)C(F)(F)F. The summed E-state index contributed by atoms with van der Waals surface area (Å²) in [5.41, 5.74) is -10.9. The van der Waals surface area contributed by atoms with Gasteiger partial charge in [-0.1, -0.05) is 6.58 Å². The van der Waals surface area contributed by atoms with Gasteiger partial charge >= 0.3 is 59.7 Å². The highest BCUT2D eigenvalue weighted by molar-refractivity contribution is 5.87. The molecule has 21 heteroatoms. The summed E-state index contributed by atoms with van der Waals surface area (Å²) in [6.45, 7) is 2.18. The van der Waals surface area contributed by atoms with Crippen LogP contribution in [-0.4, -0.2) is 54.3 Å². The van der Waals surface area contributed by atoms with Gasteiger partial charge in [0.25, 0.3) is 0 Å². The molecule has 0 bridgehead atoms. The molecule has 0 aromatic heterocycles. The van der Waals surface area contributed by atoms with Gasteiger partial charge in [0, 0.05) is 5.57 Å². The van der Waals surface area contributed by atoms with Gasteiger partial charge in [-0.2, -0.15) is 83.4 Å². The molecule has 0 aliphatic carbocycles. The molecule has 0 aromatic carbocycles. The number of carbonyl (C=O) groups excluding carboxylic acids is 1. The van der Waals surface area contributed by atoms with Crippen molar-refractivity contribution in [2.75, 3.05) is 0 Å². The van der Waals surface area contributed by atoms with Crippen molar-refractivity contribution < 1.29 is 92.9 Å². The lowest BCUT2D eigenvalue weighted by Crippen LogP contribution is -2.80. The van der Waals surface area contributed by atoms with Gasteiger partial charge in [-0.15, -0.1) is 0 Å².